The molecule has 0 radical (unpaired) electrons. The van der Waals surface area contributed by atoms with Crippen LogP contribution in [0.1, 0.15) is 86.0 Å². The Morgan fingerprint density at radius 3 is 2.37 bits per heavy atom. The highest BCUT2D eigenvalue weighted by atomic mass is 32.2. The fourth-order valence-electron chi connectivity index (χ4n) is 6.51. The number of hydrogen-bond acceptors (Lipinski definition) is 4. The van der Waals surface area contributed by atoms with Gasteiger partial charge in [0.05, 0.1) is 24.6 Å². The molecule has 0 amide bonds. The molecule has 3 fully saturated rings. The Hall–Kier alpha value is -0.130. The molecule has 0 aromatic rings. The Morgan fingerprint density at radius 2 is 1.74 bits per heavy atom. The smallest absolute Gasteiger partial charge is 0.264 e. The van der Waals surface area contributed by atoms with E-state index in [2.05, 4.69) is 34.6 Å². The van der Waals surface area contributed by atoms with E-state index in [4.69, 9.17) is 8.92 Å². The third-order valence-corrected chi connectivity index (χ3v) is 8.29. The molecule has 2 unspecified atom stereocenters. The summed E-state index contributed by atoms with van der Waals surface area (Å²) in [6, 6.07) is 0. The molecule has 3 aliphatic carbocycles. The van der Waals surface area contributed by atoms with E-state index < -0.39 is 10.1 Å². The first-order valence-electron chi connectivity index (χ1n) is 10.8. The van der Waals surface area contributed by atoms with Gasteiger partial charge in [-0.2, -0.15) is 8.42 Å². The second-order valence-electron chi connectivity index (χ2n) is 11.3. The number of hydrogen-bond donors (Lipinski definition) is 0. The molecule has 0 heterocycles. The quantitative estimate of drug-likeness (QED) is 0.611. The van der Waals surface area contributed by atoms with Crippen LogP contribution in [0, 0.1) is 28.6 Å². The first-order chi connectivity index (χ1) is 12.3. The van der Waals surface area contributed by atoms with E-state index in [1.165, 1.54) is 38.5 Å². The molecular formula is C22H40O4S. The van der Waals surface area contributed by atoms with E-state index in [-0.39, 0.29) is 11.0 Å². The molecule has 4 nitrogen and oxygen atoms in total. The van der Waals surface area contributed by atoms with Crippen LogP contribution in [0.5, 0.6) is 0 Å². The van der Waals surface area contributed by atoms with Gasteiger partial charge in [0.25, 0.3) is 10.1 Å². The first kappa shape index (κ1) is 21.6. The van der Waals surface area contributed by atoms with Gasteiger partial charge in [-0.25, -0.2) is 0 Å². The van der Waals surface area contributed by atoms with Crippen molar-refractivity contribution in [2.24, 2.45) is 28.6 Å². The predicted molar refractivity (Wildman–Crippen MR) is 109 cm³/mol. The first-order valence-corrected chi connectivity index (χ1v) is 12.6. The average molecular weight is 401 g/mol. The summed E-state index contributed by atoms with van der Waals surface area (Å²) in [5, 5.41) is 0. The van der Waals surface area contributed by atoms with Gasteiger partial charge < -0.3 is 4.74 Å². The summed E-state index contributed by atoms with van der Waals surface area (Å²) >= 11 is 0. The molecule has 5 heteroatoms. The van der Waals surface area contributed by atoms with E-state index >= 15 is 0 Å². The van der Waals surface area contributed by atoms with Gasteiger partial charge in [0.1, 0.15) is 0 Å². The van der Waals surface area contributed by atoms with Crippen molar-refractivity contribution >= 4 is 10.1 Å². The molecule has 3 saturated carbocycles. The van der Waals surface area contributed by atoms with Crippen molar-refractivity contribution < 1.29 is 17.3 Å². The molecule has 0 N–H and O–H groups in total. The Bertz CT molecular complexity index is 637. The second kappa shape index (κ2) is 7.28. The van der Waals surface area contributed by atoms with Gasteiger partial charge in [-0.1, -0.05) is 13.8 Å². The van der Waals surface area contributed by atoms with Crippen molar-refractivity contribution in [3.63, 3.8) is 0 Å². The summed E-state index contributed by atoms with van der Waals surface area (Å²) in [6.45, 7) is 11.6. The minimum atomic E-state index is -3.36. The van der Waals surface area contributed by atoms with E-state index in [0.717, 1.165) is 30.9 Å². The van der Waals surface area contributed by atoms with Gasteiger partial charge >= 0.3 is 0 Å². The Balaban J connectivity index is 1.65. The molecule has 0 aliphatic heterocycles. The maximum atomic E-state index is 11.4. The van der Waals surface area contributed by atoms with Crippen LogP contribution >= 0.6 is 0 Å². The number of rotatable bonds is 4. The van der Waals surface area contributed by atoms with Crippen LogP contribution in [0.15, 0.2) is 0 Å². The molecule has 0 spiro atoms. The minimum absolute atomic E-state index is 0.00000861. The van der Waals surface area contributed by atoms with Crippen LogP contribution in [0.25, 0.3) is 0 Å². The van der Waals surface area contributed by atoms with Crippen molar-refractivity contribution in [3.8, 4) is 0 Å². The lowest BCUT2D eigenvalue weighted by atomic mass is 9.47. The zero-order chi connectivity index (χ0) is 20.1. The molecule has 0 saturated heterocycles. The number of ether oxygens (including phenoxy) is 1. The summed E-state index contributed by atoms with van der Waals surface area (Å²) in [5.74, 6) is 2.27. The van der Waals surface area contributed by atoms with Crippen LogP contribution in [-0.2, 0) is 19.0 Å². The third kappa shape index (κ3) is 5.08. The van der Waals surface area contributed by atoms with Crippen molar-refractivity contribution in [2.45, 2.75) is 97.7 Å². The largest absolute Gasteiger partial charge is 0.373 e. The van der Waals surface area contributed by atoms with Gasteiger partial charge in [0.15, 0.2) is 0 Å². The van der Waals surface area contributed by atoms with Crippen molar-refractivity contribution in [1.29, 1.82) is 0 Å². The summed E-state index contributed by atoms with van der Waals surface area (Å²) in [7, 11) is -3.36. The number of fused-ring (bicyclic) bond motifs is 3. The van der Waals surface area contributed by atoms with Crippen LogP contribution in [0.4, 0.5) is 0 Å². The standard InChI is InChI=1S/C22H40O4S/c1-20(2,3)26-18-9-12-22(5)17(13-18)8-7-16-14-21(4,11-10-19(16)22)15-25-27(6,23)24/h16-19H,7-15H2,1-6H3/t16?,17-,18+,19?,21-,22-/m0/s1. The van der Waals surface area contributed by atoms with Crippen molar-refractivity contribution in [1.82, 2.24) is 0 Å². The van der Waals surface area contributed by atoms with Gasteiger partial charge in [-0.05, 0) is 101 Å². The summed E-state index contributed by atoms with van der Waals surface area (Å²) < 4.78 is 34.4. The second-order valence-corrected chi connectivity index (χ2v) is 12.9. The minimum Gasteiger partial charge on any atom is -0.373 e. The lowest BCUT2D eigenvalue weighted by Crippen LogP contribution is -2.52. The van der Waals surface area contributed by atoms with Gasteiger partial charge in [0.2, 0.25) is 0 Å². The zero-order valence-electron chi connectivity index (χ0n) is 18.2. The van der Waals surface area contributed by atoms with Crippen LogP contribution in [0.3, 0.4) is 0 Å². The van der Waals surface area contributed by atoms with Crippen LogP contribution < -0.4 is 0 Å². The van der Waals surface area contributed by atoms with E-state index in [1.807, 2.05) is 0 Å². The van der Waals surface area contributed by atoms with Crippen LogP contribution in [-0.4, -0.2) is 33.0 Å². The summed E-state index contributed by atoms with van der Waals surface area (Å²) in [4.78, 5) is 0. The zero-order valence-corrected chi connectivity index (χ0v) is 19.0. The average Bonchev–Trinajstić information content (AvgIpc) is 2.51. The molecule has 0 aromatic carbocycles. The van der Waals surface area contributed by atoms with Crippen LogP contribution in [0.2, 0.25) is 0 Å². The molecule has 3 rings (SSSR count). The normalized spacial score (nSPS) is 43.0. The Morgan fingerprint density at radius 1 is 1.04 bits per heavy atom. The van der Waals surface area contributed by atoms with Crippen molar-refractivity contribution in [2.75, 3.05) is 12.9 Å². The van der Waals surface area contributed by atoms with Gasteiger partial charge in [-0.15, -0.1) is 0 Å². The Kier molecular flexibility index (Phi) is 5.82. The molecule has 0 bridgehead atoms. The molecule has 158 valence electrons. The monoisotopic (exact) mass is 400 g/mol. The molecule has 6 atom stereocenters. The SMILES string of the molecule is CC(C)(C)O[C@@H]1CC[C@]2(C)C3CC[C@](C)(COS(C)(=O)=O)CC3CC[C@H]2C1. The van der Waals surface area contributed by atoms with E-state index in [1.54, 1.807) is 0 Å². The summed E-state index contributed by atoms with van der Waals surface area (Å²) in [5.41, 5.74) is 0.377. The summed E-state index contributed by atoms with van der Waals surface area (Å²) in [6.07, 6.45) is 11.2. The van der Waals surface area contributed by atoms with Gasteiger partial charge in [-0.3, -0.25) is 4.18 Å². The maximum Gasteiger partial charge on any atom is 0.264 e. The van der Waals surface area contributed by atoms with Gasteiger partial charge in [0, 0.05) is 0 Å². The molecule has 3 aliphatic rings. The molecule has 27 heavy (non-hydrogen) atoms. The lowest BCUT2D eigenvalue weighted by molar-refractivity contribution is -0.143. The Labute approximate surface area is 166 Å². The highest BCUT2D eigenvalue weighted by Gasteiger charge is 2.53. The lowest BCUT2D eigenvalue weighted by Gasteiger charge is -2.59. The van der Waals surface area contributed by atoms with E-state index in [9.17, 15) is 8.42 Å². The predicted octanol–water partition coefficient (Wildman–Crippen LogP) is 5.17. The molecular weight excluding hydrogens is 360 g/mol. The molecule has 0 aromatic heterocycles. The fourth-order valence-corrected chi connectivity index (χ4v) is 7.01. The van der Waals surface area contributed by atoms with E-state index in [0.29, 0.717) is 24.0 Å². The third-order valence-electron chi connectivity index (χ3n) is 7.74. The highest BCUT2D eigenvalue weighted by molar-refractivity contribution is 7.85. The highest BCUT2D eigenvalue weighted by Crippen LogP contribution is 2.61. The fraction of sp³-hybridized carbons (Fsp3) is 1.00. The van der Waals surface area contributed by atoms with Crippen molar-refractivity contribution in [3.05, 3.63) is 0 Å². The maximum absolute atomic E-state index is 11.4. The topological polar surface area (TPSA) is 52.6 Å².